The van der Waals surface area contributed by atoms with Crippen molar-refractivity contribution in [3.05, 3.63) is 30.1 Å². The van der Waals surface area contributed by atoms with E-state index in [9.17, 15) is 0 Å². The molecule has 2 saturated heterocycles. The molecule has 1 aliphatic carbocycles. The van der Waals surface area contributed by atoms with Crippen LogP contribution in [0, 0.1) is 5.41 Å². The normalized spacial score (nSPS) is 26.9. The molecular formula is C18H27N3O. The van der Waals surface area contributed by atoms with Crippen LogP contribution in [-0.4, -0.2) is 60.2 Å². The Kier molecular flexibility index (Phi) is 4.16. The number of hydrogen-bond donors (Lipinski definition) is 0. The fraction of sp³-hybridized carbons (Fsp3) is 0.722. The third-order valence-electron chi connectivity index (χ3n) is 5.93. The smallest absolute Gasteiger partial charge is 0.0594 e. The molecule has 0 atom stereocenters. The quantitative estimate of drug-likeness (QED) is 0.855. The maximum Gasteiger partial charge on any atom is 0.0594 e. The van der Waals surface area contributed by atoms with E-state index < -0.39 is 0 Å². The predicted octanol–water partition coefficient (Wildman–Crippen LogP) is 2.16. The monoisotopic (exact) mass is 301 g/mol. The zero-order valence-electron chi connectivity index (χ0n) is 13.4. The van der Waals surface area contributed by atoms with Crippen molar-refractivity contribution in [1.29, 1.82) is 0 Å². The van der Waals surface area contributed by atoms with Gasteiger partial charge in [0.1, 0.15) is 0 Å². The highest BCUT2D eigenvalue weighted by Crippen LogP contribution is 2.51. The summed E-state index contributed by atoms with van der Waals surface area (Å²) < 4.78 is 5.47. The number of pyridine rings is 1. The topological polar surface area (TPSA) is 28.6 Å². The van der Waals surface area contributed by atoms with Gasteiger partial charge >= 0.3 is 0 Å². The summed E-state index contributed by atoms with van der Waals surface area (Å²) in [6.45, 7) is 7.66. The van der Waals surface area contributed by atoms with Crippen LogP contribution in [0.3, 0.4) is 0 Å². The van der Waals surface area contributed by atoms with Crippen LogP contribution in [0.4, 0.5) is 0 Å². The fourth-order valence-electron chi connectivity index (χ4n) is 4.46. The molecule has 4 rings (SSSR count). The highest BCUT2D eigenvalue weighted by molar-refractivity contribution is 5.05. The van der Waals surface area contributed by atoms with E-state index in [4.69, 9.17) is 4.74 Å². The first kappa shape index (κ1) is 14.6. The second-order valence-corrected chi connectivity index (χ2v) is 7.31. The van der Waals surface area contributed by atoms with Gasteiger partial charge in [0.25, 0.3) is 0 Å². The van der Waals surface area contributed by atoms with Gasteiger partial charge in [0, 0.05) is 31.9 Å². The summed E-state index contributed by atoms with van der Waals surface area (Å²) in [7, 11) is 0. The lowest BCUT2D eigenvalue weighted by Gasteiger charge is -2.55. The average Bonchev–Trinajstić information content (AvgIpc) is 2.55. The molecule has 4 nitrogen and oxygen atoms in total. The standard InChI is InChI=1S/C18H27N3O/c1-2-6-19-16(3-1)15-20-7-4-18(5-8-20)13-17(14-18)21-9-11-22-12-10-21/h1-3,6,17H,4-5,7-15H2. The molecule has 1 aromatic rings. The minimum atomic E-state index is 0.656. The van der Waals surface area contributed by atoms with Gasteiger partial charge in [0.15, 0.2) is 0 Å². The van der Waals surface area contributed by atoms with E-state index in [0.717, 1.165) is 38.9 Å². The van der Waals surface area contributed by atoms with Crippen LogP contribution in [0.1, 0.15) is 31.4 Å². The Labute approximate surface area is 133 Å². The molecule has 0 unspecified atom stereocenters. The molecule has 0 N–H and O–H groups in total. The Balaban J connectivity index is 1.25. The van der Waals surface area contributed by atoms with Crippen LogP contribution < -0.4 is 0 Å². The molecule has 0 amide bonds. The molecule has 3 fully saturated rings. The zero-order valence-corrected chi connectivity index (χ0v) is 13.4. The van der Waals surface area contributed by atoms with Crippen LogP contribution in [0.5, 0.6) is 0 Å². The van der Waals surface area contributed by atoms with Crippen LogP contribution >= 0.6 is 0 Å². The van der Waals surface area contributed by atoms with Gasteiger partial charge < -0.3 is 4.74 Å². The van der Waals surface area contributed by atoms with E-state index in [1.807, 2.05) is 12.3 Å². The van der Waals surface area contributed by atoms with Crippen molar-refractivity contribution in [1.82, 2.24) is 14.8 Å². The predicted molar refractivity (Wildman–Crippen MR) is 86.6 cm³/mol. The van der Waals surface area contributed by atoms with Crippen molar-refractivity contribution in [3.63, 3.8) is 0 Å². The number of hydrogen-bond acceptors (Lipinski definition) is 4. The fourth-order valence-corrected chi connectivity index (χ4v) is 4.46. The van der Waals surface area contributed by atoms with E-state index >= 15 is 0 Å². The Morgan fingerprint density at radius 3 is 2.55 bits per heavy atom. The Morgan fingerprint density at radius 2 is 1.86 bits per heavy atom. The van der Waals surface area contributed by atoms with Gasteiger partial charge in [-0.3, -0.25) is 14.8 Å². The van der Waals surface area contributed by atoms with Gasteiger partial charge in [-0.15, -0.1) is 0 Å². The average molecular weight is 301 g/mol. The summed E-state index contributed by atoms with van der Waals surface area (Å²) in [5.41, 5.74) is 1.86. The molecule has 1 aromatic heterocycles. The summed E-state index contributed by atoms with van der Waals surface area (Å²) >= 11 is 0. The molecule has 4 heteroatoms. The third-order valence-corrected chi connectivity index (χ3v) is 5.93. The van der Waals surface area contributed by atoms with Crippen LogP contribution in [0.25, 0.3) is 0 Å². The molecule has 3 heterocycles. The van der Waals surface area contributed by atoms with Gasteiger partial charge in [0.05, 0.1) is 18.9 Å². The zero-order chi connectivity index (χ0) is 14.8. The maximum absolute atomic E-state index is 5.47. The van der Waals surface area contributed by atoms with Gasteiger partial charge in [-0.25, -0.2) is 0 Å². The number of piperidine rings is 1. The molecule has 0 radical (unpaired) electrons. The number of aromatic nitrogens is 1. The molecule has 0 aromatic carbocycles. The molecule has 22 heavy (non-hydrogen) atoms. The minimum absolute atomic E-state index is 0.656. The highest BCUT2D eigenvalue weighted by Gasteiger charge is 2.47. The lowest BCUT2D eigenvalue weighted by atomic mass is 9.60. The Hall–Kier alpha value is -0.970. The van der Waals surface area contributed by atoms with E-state index in [-0.39, 0.29) is 0 Å². The van der Waals surface area contributed by atoms with Gasteiger partial charge in [-0.1, -0.05) is 6.07 Å². The second-order valence-electron chi connectivity index (χ2n) is 7.31. The largest absolute Gasteiger partial charge is 0.379 e. The first-order chi connectivity index (χ1) is 10.8. The molecule has 1 spiro atoms. The molecular weight excluding hydrogens is 274 g/mol. The minimum Gasteiger partial charge on any atom is -0.379 e. The lowest BCUT2D eigenvalue weighted by molar-refractivity contribution is -0.0741. The second kappa shape index (κ2) is 6.26. The van der Waals surface area contributed by atoms with E-state index in [0.29, 0.717) is 5.41 Å². The molecule has 3 aliphatic rings. The summed E-state index contributed by atoms with van der Waals surface area (Å²) in [5, 5.41) is 0. The van der Waals surface area contributed by atoms with Gasteiger partial charge in [-0.05, 0) is 56.3 Å². The summed E-state index contributed by atoms with van der Waals surface area (Å²) in [5.74, 6) is 0. The number of ether oxygens (including phenoxy) is 1. The van der Waals surface area contributed by atoms with E-state index in [1.165, 1.54) is 44.5 Å². The molecule has 120 valence electrons. The van der Waals surface area contributed by atoms with Crippen LogP contribution in [-0.2, 0) is 11.3 Å². The number of morpholine rings is 1. The third kappa shape index (κ3) is 3.05. The highest BCUT2D eigenvalue weighted by atomic mass is 16.5. The van der Waals surface area contributed by atoms with Crippen molar-refractivity contribution < 1.29 is 4.74 Å². The van der Waals surface area contributed by atoms with E-state index in [1.54, 1.807) is 0 Å². The summed E-state index contributed by atoms with van der Waals surface area (Å²) in [6.07, 6.45) is 7.50. The van der Waals surface area contributed by atoms with Crippen molar-refractivity contribution in [2.45, 2.75) is 38.3 Å². The number of likely N-dealkylation sites (tertiary alicyclic amines) is 1. The van der Waals surface area contributed by atoms with Crippen molar-refractivity contribution in [3.8, 4) is 0 Å². The lowest BCUT2D eigenvalue weighted by Crippen LogP contribution is -2.57. The Morgan fingerprint density at radius 1 is 1.09 bits per heavy atom. The van der Waals surface area contributed by atoms with Crippen LogP contribution in [0.15, 0.2) is 24.4 Å². The molecule has 0 bridgehead atoms. The van der Waals surface area contributed by atoms with Gasteiger partial charge in [0.2, 0.25) is 0 Å². The summed E-state index contributed by atoms with van der Waals surface area (Å²) in [4.78, 5) is 9.70. The first-order valence-corrected chi connectivity index (χ1v) is 8.77. The van der Waals surface area contributed by atoms with Crippen LogP contribution in [0.2, 0.25) is 0 Å². The molecule has 1 saturated carbocycles. The summed E-state index contributed by atoms with van der Waals surface area (Å²) in [6, 6.07) is 7.06. The number of rotatable bonds is 3. The maximum atomic E-state index is 5.47. The van der Waals surface area contributed by atoms with Crippen molar-refractivity contribution in [2.24, 2.45) is 5.41 Å². The Bertz CT molecular complexity index is 470. The SMILES string of the molecule is c1ccc(CN2CCC3(CC2)CC(N2CCOCC2)C3)nc1. The number of nitrogens with zero attached hydrogens (tertiary/aromatic N) is 3. The van der Waals surface area contributed by atoms with Gasteiger partial charge in [-0.2, -0.15) is 0 Å². The van der Waals surface area contributed by atoms with Crippen molar-refractivity contribution >= 4 is 0 Å². The van der Waals surface area contributed by atoms with E-state index in [2.05, 4.69) is 26.9 Å². The molecule has 2 aliphatic heterocycles. The first-order valence-electron chi connectivity index (χ1n) is 8.77. The van der Waals surface area contributed by atoms with Crippen molar-refractivity contribution in [2.75, 3.05) is 39.4 Å².